The first-order valence-corrected chi connectivity index (χ1v) is 5.45. The summed E-state index contributed by atoms with van der Waals surface area (Å²) in [5.41, 5.74) is 2.05. The van der Waals surface area contributed by atoms with Crippen LogP contribution in [0.25, 0.3) is 10.8 Å². The van der Waals surface area contributed by atoms with Gasteiger partial charge in [0.25, 0.3) is 0 Å². The van der Waals surface area contributed by atoms with Gasteiger partial charge in [-0.25, -0.2) is 0 Å². The van der Waals surface area contributed by atoms with Gasteiger partial charge in [-0.1, -0.05) is 47.6 Å². The van der Waals surface area contributed by atoms with Gasteiger partial charge in [0.1, 0.15) is 0 Å². The third-order valence-electron chi connectivity index (χ3n) is 2.76. The molecule has 0 amide bonds. The van der Waals surface area contributed by atoms with Crippen molar-refractivity contribution in [2.45, 2.75) is 19.8 Å². The van der Waals surface area contributed by atoms with Crippen LogP contribution in [0.1, 0.15) is 18.9 Å². The lowest BCUT2D eigenvalue weighted by Crippen LogP contribution is -1.94. The second-order valence-electron chi connectivity index (χ2n) is 4.02. The van der Waals surface area contributed by atoms with Crippen LogP contribution in [0.3, 0.4) is 0 Å². The van der Waals surface area contributed by atoms with Crippen LogP contribution < -0.4 is 0 Å². The summed E-state index contributed by atoms with van der Waals surface area (Å²) in [5, 5.41) is 14.3. The highest BCUT2D eigenvalue weighted by Crippen LogP contribution is 2.16. The zero-order valence-corrected chi connectivity index (χ0v) is 9.35. The number of aryl methyl sites for hydroxylation is 1. The maximum absolute atomic E-state index is 8.57. The molecule has 2 rings (SSSR count). The van der Waals surface area contributed by atoms with Crippen LogP contribution in [-0.2, 0) is 6.42 Å². The van der Waals surface area contributed by atoms with Crippen molar-refractivity contribution in [2.75, 3.05) is 0 Å². The van der Waals surface area contributed by atoms with Crippen molar-refractivity contribution in [3.05, 3.63) is 48.0 Å². The largest absolute Gasteiger partial charge is 0.411 e. The van der Waals surface area contributed by atoms with E-state index < -0.39 is 0 Å². The fraction of sp³-hybridized carbons (Fsp3) is 0.214. The normalized spacial score (nSPS) is 11.9. The standard InChI is InChI=1S/C14H15NO/c1-11(15-16)6-7-12-8-9-13-4-2-3-5-14(13)10-12/h2-5,8-10,16H,6-7H2,1H3/b15-11+. The average Bonchev–Trinajstić information content (AvgIpc) is 2.35. The minimum absolute atomic E-state index is 0.771. The van der Waals surface area contributed by atoms with E-state index in [0.717, 1.165) is 18.6 Å². The number of oxime groups is 1. The lowest BCUT2D eigenvalue weighted by molar-refractivity contribution is 0.317. The van der Waals surface area contributed by atoms with Gasteiger partial charge in [-0.2, -0.15) is 0 Å². The monoisotopic (exact) mass is 213 g/mol. The van der Waals surface area contributed by atoms with E-state index in [1.807, 2.05) is 19.1 Å². The minimum Gasteiger partial charge on any atom is -0.411 e. The molecule has 0 unspecified atom stereocenters. The Morgan fingerprint density at radius 2 is 1.88 bits per heavy atom. The van der Waals surface area contributed by atoms with Crippen molar-refractivity contribution in [3.8, 4) is 0 Å². The molecule has 0 atom stereocenters. The molecule has 0 aliphatic rings. The molecule has 2 nitrogen and oxygen atoms in total. The van der Waals surface area contributed by atoms with Gasteiger partial charge in [-0.3, -0.25) is 0 Å². The molecule has 0 heterocycles. The van der Waals surface area contributed by atoms with Gasteiger partial charge >= 0.3 is 0 Å². The fourth-order valence-corrected chi connectivity index (χ4v) is 1.77. The molecule has 0 aromatic heterocycles. The third-order valence-corrected chi connectivity index (χ3v) is 2.76. The summed E-state index contributed by atoms with van der Waals surface area (Å²) >= 11 is 0. The summed E-state index contributed by atoms with van der Waals surface area (Å²) in [7, 11) is 0. The van der Waals surface area contributed by atoms with Gasteiger partial charge in [-0.05, 0) is 36.1 Å². The zero-order valence-electron chi connectivity index (χ0n) is 9.35. The Labute approximate surface area is 95.2 Å². The lowest BCUT2D eigenvalue weighted by atomic mass is 10.0. The molecule has 82 valence electrons. The van der Waals surface area contributed by atoms with Gasteiger partial charge in [0.15, 0.2) is 0 Å². The summed E-state index contributed by atoms with van der Waals surface area (Å²) in [6, 6.07) is 14.8. The summed E-state index contributed by atoms with van der Waals surface area (Å²) in [4.78, 5) is 0. The molecule has 0 saturated carbocycles. The van der Waals surface area contributed by atoms with E-state index in [2.05, 4.69) is 35.5 Å². The number of benzene rings is 2. The van der Waals surface area contributed by atoms with Crippen molar-refractivity contribution in [1.29, 1.82) is 0 Å². The molecule has 0 radical (unpaired) electrons. The van der Waals surface area contributed by atoms with Crippen LogP contribution in [0.5, 0.6) is 0 Å². The van der Waals surface area contributed by atoms with E-state index >= 15 is 0 Å². The molecule has 0 fully saturated rings. The number of hydrogen-bond donors (Lipinski definition) is 1. The zero-order chi connectivity index (χ0) is 11.4. The first kappa shape index (κ1) is 10.7. The Kier molecular flexibility index (Phi) is 3.20. The summed E-state index contributed by atoms with van der Waals surface area (Å²) in [6.07, 6.45) is 1.72. The quantitative estimate of drug-likeness (QED) is 0.471. The van der Waals surface area contributed by atoms with Crippen LogP contribution in [-0.4, -0.2) is 10.9 Å². The number of fused-ring (bicyclic) bond motifs is 1. The van der Waals surface area contributed by atoms with E-state index in [-0.39, 0.29) is 0 Å². The highest BCUT2D eigenvalue weighted by atomic mass is 16.4. The Morgan fingerprint density at radius 3 is 2.62 bits per heavy atom. The summed E-state index contributed by atoms with van der Waals surface area (Å²) < 4.78 is 0. The predicted molar refractivity (Wildman–Crippen MR) is 67.2 cm³/mol. The molecule has 0 aliphatic carbocycles. The van der Waals surface area contributed by atoms with E-state index in [9.17, 15) is 0 Å². The Morgan fingerprint density at radius 1 is 1.12 bits per heavy atom. The highest BCUT2D eigenvalue weighted by molar-refractivity contribution is 5.84. The summed E-state index contributed by atoms with van der Waals surface area (Å²) in [5.74, 6) is 0. The number of rotatable bonds is 3. The van der Waals surface area contributed by atoms with E-state index in [0.29, 0.717) is 0 Å². The third kappa shape index (κ3) is 2.40. The van der Waals surface area contributed by atoms with Crippen molar-refractivity contribution < 1.29 is 5.21 Å². The van der Waals surface area contributed by atoms with Crippen LogP contribution in [0.2, 0.25) is 0 Å². The first-order valence-electron chi connectivity index (χ1n) is 5.45. The van der Waals surface area contributed by atoms with Gasteiger partial charge in [0, 0.05) is 0 Å². The summed E-state index contributed by atoms with van der Waals surface area (Å²) in [6.45, 7) is 1.83. The second kappa shape index (κ2) is 4.79. The molecular weight excluding hydrogens is 198 g/mol. The highest BCUT2D eigenvalue weighted by Gasteiger charge is 1.98. The molecule has 16 heavy (non-hydrogen) atoms. The maximum Gasteiger partial charge on any atom is 0.0543 e. The Balaban J connectivity index is 2.20. The van der Waals surface area contributed by atoms with E-state index in [1.165, 1.54) is 16.3 Å². The lowest BCUT2D eigenvalue weighted by Gasteiger charge is -2.03. The molecule has 0 bridgehead atoms. The van der Waals surface area contributed by atoms with Crippen LogP contribution in [0, 0.1) is 0 Å². The first-order chi connectivity index (χ1) is 7.79. The molecule has 1 N–H and O–H groups in total. The van der Waals surface area contributed by atoms with Crippen molar-refractivity contribution in [1.82, 2.24) is 0 Å². The maximum atomic E-state index is 8.57. The van der Waals surface area contributed by atoms with Crippen LogP contribution in [0.4, 0.5) is 0 Å². The molecule has 0 spiro atoms. The topological polar surface area (TPSA) is 32.6 Å². The SMILES string of the molecule is C/C(CCc1ccc2ccccc2c1)=N\O. The predicted octanol–water partition coefficient (Wildman–Crippen LogP) is 3.62. The second-order valence-corrected chi connectivity index (χ2v) is 4.02. The molecule has 2 heteroatoms. The minimum atomic E-state index is 0.771. The molecule has 0 saturated heterocycles. The molecular formula is C14H15NO. The molecule has 0 aliphatic heterocycles. The van der Waals surface area contributed by atoms with E-state index in [4.69, 9.17) is 5.21 Å². The van der Waals surface area contributed by atoms with Gasteiger partial charge in [0.2, 0.25) is 0 Å². The number of hydrogen-bond acceptors (Lipinski definition) is 2. The van der Waals surface area contributed by atoms with E-state index in [1.54, 1.807) is 0 Å². The van der Waals surface area contributed by atoms with Crippen LogP contribution >= 0.6 is 0 Å². The Hall–Kier alpha value is -1.83. The van der Waals surface area contributed by atoms with Crippen molar-refractivity contribution in [3.63, 3.8) is 0 Å². The molecule has 2 aromatic rings. The van der Waals surface area contributed by atoms with Gasteiger partial charge in [0.05, 0.1) is 5.71 Å². The smallest absolute Gasteiger partial charge is 0.0543 e. The Bertz CT molecular complexity index is 517. The average molecular weight is 213 g/mol. The van der Waals surface area contributed by atoms with Gasteiger partial charge in [-0.15, -0.1) is 0 Å². The van der Waals surface area contributed by atoms with Crippen molar-refractivity contribution in [2.24, 2.45) is 5.16 Å². The molecule has 2 aromatic carbocycles. The van der Waals surface area contributed by atoms with Gasteiger partial charge < -0.3 is 5.21 Å². The van der Waals surface area contributed by atoms with Crippen molar-refractivity contribution >= 4 is 16.5 Å². The van der Waals surface area contributed by atoms with Crippen LogP contribution in [0.15, 0.2) is 47.6 Å². The fourth-order valence-electron chi connectivity index (χ4n) is 1.77. The number of nitrogens with zero attached hydrogens (tertiary/aromatic N) is 1.